The van der Waals surface area contributed by atoms with E-state index < -0.39 is 23.1 Å². The molecule has 0 aliphatic carbocycles. The maximum absolute atomic E-state index is 11.1. The summed E-state index contributed by atoms with van der Waals surface area (Å²) >= 11 is 0. The highest BCUT2D eigenvalue weighted by Gasteiger charge is 2.16. The Labute approximate surface area is 109 Å². The number of ether oxygens (including phenoxy) is 1. The van der Waals surface area contributed by atoms with Gasteiger partial charge in [-0.25, -0.2) is 0 Å². The lowest BCUT2D eigenvalue weighted by Gasteiger charge is -2.07. The van der Waals surface area contributed by atoms with E-state index in [1.807, 2.05) is 0 Å². The molecular formula is C10H18N2O7. The summed E-state index contributed by atoms with van der Waals surface area (Å²) in [5.74, 6) is -1.89. The summed E-state index contributed by atoms with van der Waals surface area (Å²) in [6.07, 6.45) is 2.26. The fourth-order valence-corrected chi connectivity index (χ4v) is 1.21. The molecule has 0 saturated carbocycles. The number of rotatable bonds is 11. The number of carbonyl (C=O) groups is 2. The first-order valence-electron chi connectivity index (χ1n) is 5.84. The van der Waals surface area contributed by atoms with Crippen molar-refractivity contribution in [1.82, 2.24) is 0 Å². The van der Waals surface area contributed by atoms with Gasteiger partial charge in [-0.3, -0.25) is 9.59 Å². The summed E-state index contributed by atoms with van der Waals surface area (Å²) in [6, 6.07) is -1.24. The topological polar surface area (TPSA) is 142 Å². The Kier molecular flexibility index (Phi) is 9.06. The van der Waals surface area contributed by atoms with Crippen LogP contribution in [0.4, 0.5) is 0 Å². The van der Waals surface area contributed by atoms with Crippen molar-refractivity contribution in [1.29, 1.82) is 0 Å². The molecule has 0 fully saturated rings. The quantitative estimate of drug-likeness (QED) is 0.234. The van der Waals surface area contributed by atoms with Crippen molar-refractivity contribution in [2.45, 2.75) is 38.1 Å². The maximum Gasteiger partial charge on any atom is 0.321 e. The molecular weight excluding hydrogens is 260 g/mol. The summed E-state index contributed by atoms with van der Waals surface area (Å²) < 4.78 is 4.79. The van der Waals surface area contributed by atoms with Crippen molar-refractivity contribution < 1.29 is 29.4 Å². The average Bonchev–Trinajstić information content (AvgIpc) is 2.31. The fourth-order valence-electron chi connectivity index (χ4n) is 1.21. The summed E-state index contributed by atoms with van der Waals surface area (Å²) in [7, 11) is 0. The van der Waals surface area contributed by atoms with Gasteiger partial charge in [-0.05, 0) is 19.3 Å². The molecule has 0 radical (unpaired) electrons. The van der Waals surface area contributed by atoms with Crippen LogP contribution in [0.5, 0.6) is 0 Å². The molecule has 0 bridgehead atoms. The van der Waals surface area contributed by atoms with Gasteiger partial charge in [0.1, 0.15) is 6.04 Å². The number of carbonyl (C=O) groups excluding carboxylic acids is 1. The molecule has 0 heterocycles. The van der Waals surface area contributed by atoms with E-state index in [-0.39, 0.29) is 19.6 Å². The molecule has 0 saturated heterocycles. The van der Waals surface area contributed by atoms with Crippen molar-refractivity contribution in [3.05, 3.63) is 10.1 Å². The van der Waals surface area contributed by atoms with Crippen LogP contribution in [0.3, 0.4) is 0 Å². The van der Waals surface area contributed by atoms with Gasteiger partial charge in [0.2, 0.25) is 0 Å². The zero-order valence-electron chi connectivity index (χ0n) is 10.4. The lowest BCUT2D eigenvalue weighted by Crippen LogP contribution is -2.33. The van der Waals surface area contributed by atoms with E-state index in [2.05, 4.69) is 4.84 Å². The van der Waals surface area contributed by atoms with E-state index in [9.17, 15) is 19.7 Å². The number of aliphatic carboxylic acids is 1. The van der Waals surface area contributed by atoms with Gasteiger partial charge < -0.3 is 20.4 Å². The third-order valence-electron chi connectivity index (χ3n) is 2.20. The van der Waals surface area contributed by atoms with Gasteiger partial charge in [-0.15, -0.1) is 10.1 Å². The lowest BCUT2D eigenvalue weighted by atomic mass is 10.2. The first-order valence-corrected chi connectivity index (χ1v) is 5.84. The van der Waals surface area contributed by atoms with Crippen molar-refractivity contribution in [3.63, 3.8) is 0 Å². The van der Waals surface area contributed by atoms with Crippen molar-refractivity contribution in [2.75, 3.05) is 13.2 Å². The number of hydrogen-bond acceptors (Lipinski definition) is 7. The summed E-state index contributed by atoms with van der Waals surface area (Å²) in [5, 5.41) is 17.4. The number of carboxylic acid groups (broad SMARTS) is 1. The molecule has 19 heavy (non-hydrogen) atoms. The van der Waals surface area contributed by atoms with E-state index in [4.69, 9.17) is 15.6 Å². The van der Waals surface area contributed by atoms with Gasteiger partial charge in [-0.2, -0.15) is 0 Å². The summed E-state index contributed by atoms with van der Waals surface area (Å²) in [5.41, 5.74) is 5.16. The Morgan fingerprint density at radius 1 is 1.21 bits per heavy atom. The Morgan fingerprint density at radius 3 is 2.32 bits per heavy atom. The maximum atomic E-state index is 11.1. The Balaban J connectivity index is 3.37. The zero-order chi connectivity index (χ0) is 14.7. The minimum absolute atomic E-state index is 0.0558. The minimum atomic E-state index is -1.25. The number of carboxylic acids is 1. The highest BCUT2D eigenvalue weighted by Crippen LogP contribution is 2.02. The molecule has 0 aliphatic heterocycles. The van der Waals surface area contributed by atoms with Crippen LogP contribution in [0.25, 0.3) is 0 Å². The van der Waals surface area contributed by atoms with Crippen LogP contribution in [0, 0.1) is 10.1 Å². The molecule has 1 unspecified atom stereocenters. The Morgan fingerprint density at radius 2 is 1.79 bits per heavy atom. The first kappa shape index (κ1) is 17.1. The average molecular weight is 278 g/mol. The lowest BCUT2D eigenvalue weighted by molar-refractivity contribution is -0.757. The third kappa shape index (κ3) is 10.9. The number of esters is 1. The van der Waals surface area contributed by atoms with Crippen LogP contribution < -0.4 is 5.73 Å². The van der Waals surface area contributed by atoms with Crippen molar-refractivity contribution >= 4 is 11.9 Å². The molecule has 9 heteroatoms. The predicted octanol–water partition coefficient (Wildman–Crippen LogP) is 0.100. The monoisotopic (exact) mass is 278 g/mol. The molecule has 0 spiro atoms. The Bertz CT molecular complexity index is 308. The molecule has 0 rings (SSSR count). The molecule has 0 aromatic heterocycles. The van der Waals surface area contributed by atoms with Crippen LogP contribution in [0.15, 0.2) is 0 Å². The molecule has 1 atom stereocenters. The first-order chi connectivity index (χ1) is 8.93. The van der Waals surface area contributed by atoms with Crippen LogP contribution >= 0.6 is 0 Å². The standard InChI is InChI=1S/C10H18N2O7/c11-8(10(14)15)7-9(13)18-5-3-1-2-4-6-19-12(16)17/h8H,1-7,11H2,(H,14,15). The second-order valence-corrected chi connectivity index (χ2v) is 3.84. The molecule has 0 aliphatic rings. The zero-order valence-corrected chi connectivity index (χ0v) is 10.4. The molecule has 0 aromatic carbocycles. The summed E-state index contributed by atoms with van der Waals surface area (Å²) in [6.45, 7) is 0.238. The SMILES string of the molecule is NC(CC(=O)OCCCCCCO[N+](=O)[O-])C(=O)O. The number of unbranched alkanes of at least 4 members (excludes halogenated alkanes) is 3. The molecule has 3 N–H and O–H groups in total. The van der Waals surface area contributed by atoms with E-state index >= 15 is 0 Å². The minimum Gasteiger partial charge on any atom is -0.480 e. The predicted molar refractivity (Wildman–Crippen MR) is 62.6 cm³/mol. The molecule has 0 amide bonds. The van der Waals surface area contributed by atoms with Gasteiger partial charge >= 0.3 is 11.9 Å². The third-order valence-corrected chi connectivity index (χ3v) is 2.20. The Hall–Kier alpha value is -1.90. The van der Waals surface area contributed by atoms with E-state index in [1.165, 1.54) is 0 Å². The highest BCUT2D eigenvalue weighted by molar-refractivity contribution is 5.81. The van der Waals surface area contributed by atoms with Gasteiger partial charge in [-0.1, -0.05) is 6.42 Å². The van der Waals surface area contributed by atoms with Crippen LogP contribution in [0.2, 0.25) is 0 Å². The van der Waals surface area contributed by atoms with Crippen molar-refractivity contribution in [2.24, 2.45) is 5.73 Å². The van der Waals surface area contributed by atoms with Crippen molar-refractivity contribution in [3.8, 4) is 0 Å². The largest absolute Gasteiger partial charge is 0.480 e. The number of hydrogen-bond donors (Lipinski definition) is 2. The number of nitrogens with two attached hydrogens (primary N) is 1. The molecule has 9 nitrogen and oxygen atoms in total. The molecule has 0 aromatic rings. The second-order valence-electron chi connectivity index (χ2n) is 3.84. The van der Waals surface area contributed by atoms with Gasteiger partial charge in [0.25, 0.3) is 5.09 Å². The smallest absolute Gasteiger partial charge is 0.321 e. The highest BCUT2D eigenvalue weighted by atomic mass is 16.9. The van der Waals surface area contributed by atoms with Gasteiger partial charge in [0, 0.05) is 0 Å². The van der Waals surface area contributed by atoms with Crippen LogP contribution in [-0.4, -0.2) is 41.4 Å². The number of nitrogens with zero attached hydrogens (tertiary/aromatic N) is 1. The van der Waals surface area contributed by atoms with Crippen LogP contribution in [0.1, 0.15) is 32.1 Å². The molecule has 110 valence electrons. The fraction of sp³-hybridized carbons (Fsp3) is 0.800. The summed E-state index contributed by atoms with van der Waals surface area (Å²) in [4.78, 5) is 35.4. The van der Waals surface area contributed by atoms with Gasteiger partial charge in [0.05, 0.1) is 19.6 Å². The van der Waals surface area contributed by atoms with E-state index in [0.29, 0.717) is 12.8 Å². The van der Waals surface area contributed by atoms with Gasteiger partial charge in [0.15, 0.2) is 0 Å². The normalized spacial score (nSPS) is 11.6. The second kappa shape index (κ2) is 10.1. The van der Waals surface area contributed by atoms with E-state index in [0.717, 1.165) is 12.8 Å². The van der Waals surface area contributed by atoms with E-state index in [1.54, 1.807) is 0 Å². The van der Waals surface area contributed by atoms with Crippen LogP contribution in [-0.2, 0) is 19.2 Å².